The summed E-state index contributed by atoms with van der Waals surface area (Å²) in [5, 5.41) is 6.31. The summed E-state index contributed by atoms with van der Waals surface area (Å²) in [7, 11) is 0. The highest BCUT2D eigenvalue weighted by Gasteiger charge is 2.14. The number of aryl methyl sites for hydroxylation is 2. The zero-order chi connectivity index (χ0) is 15.0. The maximum absolute atomic E-state index is 6.24. The van der Waals surface area contributed by atoms with Crippen LogP contribution in [0.4, 0.5) is 5.69 Å². The van der Waals surface area contributed by atoms with Crippen LogP contribution >= 0.6 is 22.9 Å². The predicted octanol–water partition coefficient (Wildman–Crippen LogP) is 5.13. The van der Waals surface area contributed by atoms with Crippen molar-refractivity contribution in [3.05, 3.63) is 51.1 Å². The number of pyridine rings is 1. The number of nitrogens with zero attached hydrogens (tertiary/aromatic N) is 2. The van der Waals surface area contributed by atoms with Gasteiger partial charge in [-0.2, -0.15) is 0 Å². The number of fused-ring (bicyclic) bond motifs is 1. The normalized spacial score (nSPS) is 12.6. The van der Waals surface area contributed by atoms with E-state index in [2.05, 4.69) is 29.1 Å². The molecule has 0 radical (unpaired) electrons. The summed E-state index contributed by atoms with van der Waals surface area (Å²) >= 11 is 7.97. The molecule has 0 aliphatic rings. The topological polar surface area (TPSA) is 37.8 Å². The third-order valence-corrected chi connectivity index (χ3v) is 5.01. The summed E-state index contributed by atoms with van der Waals surface area (Å²) in [4.78, 5) is 10.2. The molecule has 0 aliphatic carbocycles. The molecule has 108 valence electrons. The fourth-order valence-electron chi connectivity index (χ4n) is 2.50. The zero-order valence-electron chi connectivity index (χ0n) is 12.1. The second kappa shape index (κ2) is 5.62. The lowest BCUT2D eigenvalue weighted by Gasteiger charge is -2.16. The largest absolute Gasteiger partial charge is 0.376 e. The minimum atomic E-state index is 0.183. The predicted molar refractivity (Wildman–Crippen MR) is 90.4 cm³/mol. The van der Waals surface area contributed by atoms with E-state index in [4.69, 9.17) is 11.6 Å². The van der Waals surface area contributed by atoms with Crippen LogP contribution < -0.4 is 5.32 Å². The molecule has 3 rings (SSSR count). The Hall–Kier alpha value is -1.65. The molecule has 0 spiro atoms. The van der Waals surface area contributed by atoms with Gasteiger partial charge in [0.05, 0.1) is 33.0 Å². The van der Waals surface area contributed by atoms with Crippen molar-refractivity contribution in [1.29, 1.82) is 0 Å². The SMILES string of the molecule is Cc1nc(C)c(C(C)Nc2ccc(Cl)c3cccnc23)s1. The summed E-state index contributed by atoms with van der Waals surface area (Å²) in [6.07, 6.45) is 1.79. The second-order valence-electron chi connectivity index (χ2n) is 5.04. The van der Waals surface area contributed by atoms with Gasteiger partial charge in [-0.1, -0.05) is 11.6 Å². The molecular formula is C16H16ClN3S. The molecule has 3 aromatic rings. The molecule has 0 saturated carbocycles. The number of anilines is 1. The molecule has 0 aliphatic heterocycles. The Morgan fingerprint density at radius 3 is 2.76 bits per heavy atom. The Kier molecular flexibility index (Phi) is 3.83. The van der Waals surface area contributed by atoms with Crippen molar-refractivity contribution in [3.63, 3.8) is 0 Å². The third kappa shape index (κ3) is 2.74. The average Bonchev–Trinajstić information content (AvgIpc) is 2.81. The lowest BCUT2D eigenvalue weighted by molar-refractivity contribution is 0.891. The molecule has 2 heterocycles. The van der Waals surface area contributed by atoms with Gasteiger partial charge in [-0.05, 0) is 45.0 Å². The fourth-order valence-corrected chi connectivity index (χ4v) is 3.65. The lowest BCUT2D eigenvalue weighted by atomic mass is 10.1. The Morgan fingerprint density at radius 2 is 2.05 bits per heavy atom. The molecule has 3 nitrogen and oxygen atoms in total. The number of hydrogen-bond donors (Lipinski definition) is 1. The highest BCUT2D eigenvalue weighted by molar-refractivity contribution is 7.11. The standard InChI is InChI=1S/C16H16ClN3S/c1-9-16(21-11(3)19-9)10(2)20-14-7-6-13(17)12-5-4-8-18-15(12)14/h4-8,10,20H,1-3H3. The lowest BCUT2D eigenvalue weighted by Crippen LogP contribution is -2.07. The fraction of sp³-hybridized carbons (Fsp3) is 0.250. The Labute approximate surface area is 133 Å². The van der Waals surface area contributed by atoms with Gasteiger partial charge in [-0.15, -0.1) is 11.3 Å². The number of aromatic nitrogens is 2. The first-order valence-corrected chi connectivity index (χ1v) is 7.99. The summed E-state index contributed by atoms with van der Waals surface area (Å²) in [6.45, 7) is 6.23. The molecule has 1 N–H and O–H groups in total. The van der Waals surface area contributed by atoms with Gasteiger partial charge in [0, 0.05) is 16.5 Å². The smallest absolute Gasteiger partial charge is 0.0948 e. The van der Waals surface area contributed by atoms with Crippen molar-refractivity contribution in [2.45, 2.75) is 26.8 Å². The number of hydrogen-bond acceptors (Lipinski definition) is 4. The van der Waals surface area contributed by atoms with Gasteiger partial charge in [0.2, 0.25) is 0 Å². The zero-order valence-corrected chi connectivity index (χ0v) is 13.7. The number of halogens is 1. The Bertz CT molecular complexity index is 797. The van der Waals surface area contributed by atoms with Crippen LogP contribution in [0.25, 0.3) is 10.9 Å². The third-order valence-electron chi connectivity index (χ3n) is 3.42. The molecule has 2 aromatic heterocycles. The van der Waals surface area contributed by atoms with E-state index in [-0.39, 0.29) is 6.04 Å². The van der Waals surface area contributed by atoms with Crippen LogP contribution in [0.2, 0.25) is 5.02 Å². The maximum Gasteiger partial charge on any atom is 0.0948 e. The van der Waals surface area contributed by atoms with E-state index in [1.807, 2.05) is 31.2 Å². The molecule has 0 saturated heterocycles. The highest BCUT2D eigenvalue weighted by atomic mass is 35.5. The quantitative estimate of drug-likeness (QED) is 0.727. The van der Waals surface area contributed by atoms with E-state index in [1.54, 1.807) is 17.5 Å². The number of rotatable bonds is 3. The molecule has 0 fully saturated rings. The molecule has 5 heteroatoms. The van der Waals surface area contributed by atoms with Crippen molar-refractivity contribution in [2.24, 2.45) is 0 Å². The molecule has 1 atom stereocenters. The molecule has 21 heavy (non-hydrogen) atoms. The summed E-state index contributed by atoms with van der Waals surface area (Å²) in [6, 6.07) is 7.96. The first-order valence-electron chi connectivity index (χ1n) is 6.80. The summed E-state index contributed by atoms with van der Waals surface area (Å²) in [5.41, 5.74) is 2.98. The van der Waals surface area contributed by atoms with Gasteiger partial charge in [0.15, 0.2) is 0 Å². The van der Waals surface area contributed by atoms with E-state index < -0.39 is 0 Å². The molecule has 0 bridgehead atoms. The van der Waals surface area contributed by atoms with E-state index in [1.165, 1.54) is 4.88 Å². The highest BCUT2D eigenvalue weighted by Crippen LogP contribution is 2.32. The van der Waals surface area contributed by atoms with E-state index in [0.717, 1.165) is 32.3 Å². The monoisotopic (exact) mass is 317 g/mol. The van der Waals surface area contributed by atoms with E-state index >= 15 is 0 Å². The van der Waals surface area contributed by atoms with Crippen LogP contribution in [-0.2, 0) is 0 Å². The van der Waals surface area contributed by atoms with Crippen molar-refractivity contribution in [2.75, 3.05) is 5.32 Å². The van der Waals surface area contributed by atoms with E-state index in [0.29, 0.717) is 0 Å². The van der Waals surface area contributed by atoms with Crippen molar-refractivity contribution < 1.29 is 0 Å². The van der Waals surface area contributed by atoms with Crippen molar-refractivity contribution >= 4 is 39.5 Å². The van der Waals surface area contributed by atoms with Crippen LogP contribution in [0, 0.1) is 13.8 Å². The Balaban J connectivity index is 1.99. The van der Waals surface area contributed by atoms with Crippen LogP contribution in [0.5, 0.6) is 0 Å². The molecule has 0 amide bonds. The summed E-state index contributed by atoms with van der Waals surface area (Å²) in [5.74, 6) is 0. The average molecular weight is 318 g/mol. The molecule has 1 unspecified atom stereocenters. The van der Waals surface area contributed by atoms with Crippen LogP contribution in [-0.4, -0.2) is 9.97 Å². The Morgan fingerprint density at radius 1 is 1.24 bits per heavy atom. The minimum absolute atomic E-state index is 0.183. The van der Waals surface area contributed by atoms with Crippen molar-refractivity contribution in [3.8, 4) is 0 Å². The second-order valence-corrected chi connectivity index (χ2v) is 6.69. The molecule has 1 aromatic carbocycles. The van der Waals surface area contributed by atoms with Gasteiger partial charge in [-0.3, -0.25) is 4.98 Å². The van der Waals surface area contributed by atoms with Crippen LogP contribution in [0.3, 0.4) is 0 Å². The van der Waals surface area contributed by atoms with Crippen LogP contribution in [0.15, 0.2) is 30.5 Å². The first-order chi connectivity index (χ1) is 10.1. The number of benzene rings is 1. The van der Waals surface area contributed by atoms with E-state index in [9.17, 15) is 0 Å². The van der Waals surface area contributed by atoms with Gasteiger partial charge < -0.3 is 5.32 Å². The van der Waals surface area contributed by atoms with Crippen LogP contribution in [0.1, 0.15) is 28.5 Å². The minimum Gasteiger partial charge on any atom is -0.376 e. The maximum atomic E-state index is 6.24. The number of thiazole rings is 1. The van der Waals surface area contributed by atoms with Crippen molar-refractivity contribution in [1.82, 2.24) is 9.97 Å². The molecular weight excluding hydrogens is 302 g/mol. The first kappa shape index (κ1) is 14.3. The van der Waals surface area contributed by atoms with Gasteiger partial charge in [-0.25, -0.2) is 4.98 Å². The van der Waals surface area contributed by atoms with Gasteiger partial charge in [0.25, 0.3) is 0 Å². The number of nitrogens with one attached hydrogen (secondary N) is 1. The summed E-state index contributed by atoms with van der Waals surface area (Å²) < 4.78 is 0. The van der Waals surface area contributed by atoms with Gasteiger partial charge >= 0.3 is 0 Å². The van der Waals surface area contributed by atoms with Gasteiger partial charge in [0.1, 0.15) is 0 Å².